The van der Waals surface area contributed by atoms with Crippen LogP contribution in [0.15, 0.2) is 24.3 Å². The first-order valence-corrected chi connectivity index (χ1v) is 7.07. The van der Waals surface area contributed by atoms with Crippen LogP contribution in [0.25, 0.3) is 0 Å². The van der Waals surface area contributed by atoms with Crippen LogP contribution in [-0.2, 0) is 16.0 Å². The summed E-state index contributed by atoms with van der Waals surface area (Å²) in [5.41, 5.74) is 0.474. The molecule has 0 aliphatic carbocycles. The number of amides is 2. The molecule has 0 saturated heterocycles. The molecule has 0 aliphatic heterocycles. The molecule has 8 heteroatoms. The van der Waals surface area contributed by atoms with E-state index in [1.54, 1.807) is 19.1 Å². The van der Waals surface area contributed by atoms with E-state index in [0.717, 1.165) is 0 Å². The van der Waals surface area contributed by atoms with Gasteiger partial charge in [0.1, 0.15) is 0 Å². The van der Waals surface area contributed by atoms with Gasteiger partial charge in [0.15, 0.2) is 0 Å². The van der Waals surface area contributed by atoms with Gasteiger partial charge in [0.25, 0.3) is 0 Å². The zero-order valence-electron chi connectivity index (χ0n) is 12.6. The molecule has 2 amide bonds. The highest BCUT2D eigenvalue weighted by atomic mass is 19.4. The number of hydrogen-bond donors (Lipinski definition) is 3. The number of carbonyl (C=O) groups is 2. The van der Waals surface area contributed by atoms with Gasteiger partial charge in [-0.2, -0.15) is 13.2 Å². The molecule has 1 rings (SSSR count). The number of para-hydroxylation sites is 1. The Morgan fingerprint density at radius 1 is 1.22 bits per heavy atom. The standard InChI is InChI=1S/C15H19F3N2O3/c1-10(9-21)8-19-13(22)14(23)20-12-5-3-2-4-11(12)6-7-15(16,17)18/h2-5,10,21H,6-9H2,1H3,(H,19,22)(H,20,23). The summed E-state index contributed by atoms with van der Waals surface area (Å²) in [7, 11) is 0. The Morgan fingerprint density at radius 3 is 2.48 bits per heavy atom. The highest BCUT2D eigenvalue weighted by molar-refractivity contribution is 6.39. The Labute approximate surface area is 131 Å². The van der Waals surface area contributed by atoms with E-state index in [-0.39, 0.29) is 31.2 Å². The molecule has 0 heterocycles. The average Bonchev–Trinajstić information content (AvgIpc) is 2.50. The summed E-state index contributed by atoms with van der Waals surface area (Å²) in [6.45, 7) is 1.67. The lowest BCUT2D eigenvalue weighted by molar-refractivity contribution is -0.136. The fourth-order valence-corrected chi connectivity index (χ4v) is 1.73. The van der Waals surface area contributed by atoms with E-state index in [1.807, 2.05) is 0 Å². The fourth-order valence-electron chi connectivity index (χ4n) is 1.73. The zero-order valence-corrected chi connectivity index (χ0v) is 12.6. The van der Waals surface area contributed by atoms with Gasteiger partial charge >= 0.3 is 18.0 Å². The maximum absolute atomic E-state index is 12.3. The van der Waals surface area contributed by atoms with Crippen LogP contribution >= 0.6 is 0 Å². The van der Waals surface area contributed by atoms with E-state index in [0.29, 0.717) is 5.56 Å². The number of halogens is 3. The monoisotopic (exact) mass is 332 g/mol. The average molecular weight is 332 g/mol. The van der Waals surface area contributed by atoms with Gasteiger partial charge in [-0.25, -0.2) is 0 Å². The third kappa shape index (κ3) is 7.14. The van der Waals surface area contributed by atoms with Gasteiger partial charge in [0.05, 0.1) is 0 Å². The number of aliphatic hydroxyl groups is 1. The molecular formula is C15H19F3N2O3. The Kier molecular flexibility index (Phi) is 7.02. The summed E-state index contributed by atoms with van der Waals surface area (Å²) < 4.78 is 36.9. The Hall–Kier alpha value is -2.09. The molecule has 3 N–H and O–H groups in total. The second-order valence-corrected chi connectivity index (χ2v) is 5.22. The molecule has 0 fully saturated rings. The summed E-state index contributed by atoms with van der Waals surface area (Å²) in [5, 5.41) is 13.5. The lowest BCUT2D eigenvalue weighted by Crippen LogP contribution is -2.38. The minimum atomic E-state index is -4.30. The Bertz CT molecular complexity index is 547. The molecule has 0 saturated carbocycles. The van der Waals surface area contributed by atoms with E-state index >= 15 is 0 Å². The van der Waals surface area contributed by atoms with Crippen molar-refractivity contribution < 1.29 is 27.9 Å². The third-order valence-electron chi connectivity index (χ3n) is 3.07. The first-order chi connectivity index (χ1) is 10.7. The molecule has 0 radical (unpaired) electrons. The first kappa shape index (κ1) is 19.0. The topological polar surface area (TPSA) is 78.4 Å². The van der Waals surface area contributed by atoms with Crippen LogP contribution in [0.1, 0.15) is 18.9 Å². The number of hydrogen-bond acceptors (Lipinski definition) is 3. The fraction of sp³-hybridized carbons (Fsp3) is 0.467. The molecule has 0 bridgehead atoms. The number of alkyl halides is 3. The normalized spacial score (nSPS) is 12.6. The number of rotatable bonds is 6. The second-order valence-electron chi connectivity index (χ2n) is 5.22. The van der Waals surface area contributed by atoms with E-state index in [1.165, 1.54) is 12.1 Å². The zero-order chi connectivity index (χ0) is 17.5. The van der Waals surface area contributed by atoms with Gasteiger partial charge in [0, 0.05) is 25.3 Å². The molecule has 0 aromatic heterocycles. The van der Waals surface area contributed by atoms with Crippen LogP contribution in [0.2, 0.25) is 0 Å². The van der Waals surface area contributed by atoms with Crippen LogP contribution in [0.5, 0.6) is 0 Å². The van der Waals surface area contributed by atoms with Crippen molar-refractivity contribution in [3.8, 4) is 0 Å². The van der Waals surface area contributed by atoms with Crippen molar-refractivity contribution in [2.45, 2.75) is 25.9 Å². The Morgan fingerprint density at radius 2 is 1.87 bits per heavy atom. The lowest BCUT2D eigenvalue weighted by Gasteiger charge is -2.13. The SMILES string of the molecule is CC(CO)CNC(=O)C(=O)Nc1ccccc1CCC(F)(F)F. The van der Waals surface area contributed by atoms with Crippen LogP contribution in [0, 0.1) is 5.92 Å². The molecule has 1 aromatic rings. The van der Waals surface area contributed by atoms with Crippen LogP contribution < -0.4 is 10.6 Å². The van der Waals surface area contributed by atoms with Crippen molar-refractivity contribution >= 4 is 17.5 Å². The van der Waals surface area contributed by atoms with Gasteiger partial charge < -0.3 is 15.7 Å². The van der Waals surface area contributed by atoms with Gasteiger partial charge in [-0.3, -0.25) is 9.59 Å². The summed E-state index contributed by atoms with van der Waals surface area (Å²) in [6, 6.07) is 6.02. The predicted octanol–water partition coefficient (Wildman–Crippen LogP) is 1.86. The maximum Gasteiger partial charge on any atom is 0.389 e. The third-order valence-corrected chi connectivity index (χ3v) is 3.07. The van der Waals surface area contributed by atoms with Gasteiger partial charge in [-0.05, 0) is 24.0 Å². The number of aryl methyl sites for hydroxylation is 1. The largest absolute Gasteiger partial charge is 0.396 e. The minimum absolute atomic E-state index is 0.123. The van der Waals surface area contributed by atoms with Crippen LogP contribution in [0.3, 0.4) is 0 Å². The molecule has 0 aliphatic rings. The number of aliphatic hydroxyl groups excluding tert-OH is 1. The van der Waals surface area contributed by atoms with Crippen molar-refractivity contribution in [3.05, 3.63) is 29.8 Å². The summed E-state index contributed by atoms with van der Waals surface area (Å²) in [5.74, 6) is -2.07. The summed E-state index contributed by atoms with van der Waals surface area (Å²) in [4.78, 5) is 23.4. The molecule has 128 valence electrons. The van der Waals surface area contributed by atoms with Gasteiger partial charge in [-0.1, -0.05) is 25.1 Å². The maximum atomic E-state index is 12.3. The number of nitrogens with one attached hydrogen (secondary N) is 2. The molecule has 23 heavy (non-hydrogen) atoms. The molecule has 1 aromatic carbocycles. The van der Waals surface area contributed by atoms with Crippen molar-refractivity contribution in [1.29, 1.82) is 0 Å². The van der Waals surface area contributed by atoms with E-state index in [4.69, 9.17) is 5.11 Å². The highest BCUT2D eigenvalue weighted by Gasteiger charge is 2.27. The molecule has 5 nitrogen and oxygen atoms in total. The second kappa shape index (κ2) is 8.52. The summed E-state index contributed by atoms with van der Waals surface area (Å²) >= 11 is 0. The van der Waals surface area contributed by atoms with Crippen molar-refractivity contribution in [2.24, 2.45) is 5.92 Å². The van der Waals surface area contributed by atoms with E-state index in [2.05, 4.69) is 10.6 Å². The number of carbonyl (C=O) groups excluding carboxylic acids is 2. The molecule has 1 unspecified atom stereocenters. The number of anilines is 1. The van der Waals surface area contributed by atoms with Crippen LogP contribution in [-0.4, -0.2) is 36.2 Å². The predicted molar refractivity (Wildman–Crippen MR) is 78.7 cm³/mol. The molecule has 0 spiro atoms. The van der Waals surface area contributed by atoms with E-state index < -0.39 is 24.4 Å². The van der Waals surface area contributed by atoms with Crippen LogP contribution in [0.4, 0.5) is 18.9 Å². The number of benzene rings is 1. The van der Waals surface area contributed by atoms with E-state index in [9.17, 15) is 22.8 Å². The lowest BCUT2D eigenvalue weighted by atomic mass is 10.1. The smallest absolute Gasteiger partial charge is 0.389 e. The van der Waals surface area contributed by atoms with Crippen molar-refractivity contribution in [1.82, 2.24) is 5.32 Å². The highest BCUT2D eigenvalue weighted by Crippen LogP contribution is 2.25. The molecular weight excluding hydrogens is 313 g/mol. The first-order valence-electron chi connectivity index (χ1n) is 7.07. The van der Waals surface area contributed by atoms with Crippen molar-refractivity contribution in [2.75, 3.05) is 18.5 Å². The quantitative estimate of drug-likeness (QED) is 0.696. The van der Waals surface area contributed by atoms with Crippen molar-refractivity contribution in [3.63, 3.8) is 0 Å². The van der Waals surface area contributed by atoms with Gasteiger partial charge in [0.2, 0.25) is 0 Å². The Balaban J connectivity index is 2.65. The van der Waals surface area contributed by atoms with Gasteiger partial charge in [-0.15, -0.1) is 0 Å². The molecule has 1 atom stereocenters. The summed E-state index contributed by atoms with van der Waals surface area (Å²) in [6.07, 6.45) is -5.60. The minimum Gasteiger partial charge on any atom is -0.396 e.